The van der Waals surface area contributed by atoms with Crippen molar-refractivity contribution in [3.8, 4) is 0 Å². The van der Waals surface area contributed by atoms with E-state index in [4.69, 9.17) is 5.73 Å². The van der Waals surface area contributed by atoms with Crippen LogP contribution >= 0.6 is 11.3 Å². The SMILES string of the molecule is NC(=O)c1c(NC(=O)CN2C(=O)NC3(CCCCC3)C2=O)sc2c1CCC2. The van der Waals surface area contributed by atoms with Gasteiger partial charge in [-0.25, -0.2) is 4.79 Å². The fourth-order valence-corrected chi connectivity index (χ4v) is 5.69. The highest BCUT2D eigenvalue weighted by Crippen LogP contribution is 2.39. The van der Waals surface area contributed by atoms with Gasteiger partial charge < -0.3 is 16.4 Å². The lowest BCUT2D eigenvalue weighted by Crippen LogP contribution is -2.48. The van der Waals surface area contributed by atoms with Gasteiger partial charge in [-0.05, 0) is 37.7 Å². The van der Waals surface area contributed by atoms with E-state index < -0.39 is 23.4 Å². The number of thiophene rings is 1. The third-order valence-electron chi connectivity index (χ3n) is 5.68. The van der Waals surface area contributed by atoms with Crippen molar-refractivity contribution in [2.24, 2.45) is 5.73 Å². The molecule has 0 radical (unpaired) electrons. The molecule has 3 aliphatic rings. The first-order chi connectivity index (χ1) is 12.9. The van der Waals surface area contributed by atoms with Gasteiger partial charge in [-0.1, -0.05) is 19.3 Å². The highest BCUT2D eigenvalue weighted by atomic mass is 32.1. The Morgan fingerprint density at radius 2 is 1.89 bits per heavy atom. The highest BCUT2D eigenvalue weighted by molar-refractivity contribution is 7.17. The van der Waals surface area contributed by atoms with Crippen LogP contribution in [0, 0.1) is 0 Å². The maximum Gasteiger partial charge on any atom is 0.325 e. The van der Waals surface area contributed by atoms with Crippen molar-refractivity contribution in [1.29, 1.82) is 0 Å². The van der Waals surface area contributed by atoms with E-state index in [1.807, 2.05) is 0 Å². The molecule has 27 heavy (non-hydrogen) atoms. The van der Waals surface area contributed by atoms with Crippen LogP contribution in [-0.2, 0) is 22.4 Å². The average molecular weight is 390 g/mol. The molecule has 5 amide bonds. The van der Waals surface area contributed by atoms with E-state index in [9.17, 15) is 19.2 Å². The first-order valence-electron chi connectivity index (χ1n) is 9.29. The van der Waals surface area contributed by atoms with E-state index in [1.54, 1.807) is 0 Å². The number of nitrogens with two attached hydrogens (primary N) is 1. The zero-order chi connectivity index (χ0) is 19.2. The van der Waals surface area contributed by atoms with Crippen LogP contribution in [0.2, 0.25) is 0 Å². The largest absolute Gasteiger partial charge is 0.365 e. The molecule has 144 valence electrons. The van der Waals surface area contributed by atoms with Crippen LogP contribution in [0.1, 0.15) is 59.3 Å². The van der Waals surface area contributed by atoms with Gasteiger partial charge in [0, 0.05) is 4.88 Å². The van der Waals surface area contributed by atoms with Gasteiger partial charge in [0.2, 0.25) is 5.91 Å². The predicted octanol–water partition coefficient (Wildman–Crippen LogP) is 1.53. The summed E-state index contributed by atoms with van der Waals surface area (Å²) in [6.45, 7) is -0.368. The first-order valence-corrected chi connectivity index (χ1v) is 10.1. The van der Waals surface area contributed by atoms with Crippen molar-refractivity contribution in [1.82, 2.24) is 10.2 Å². The first kappa shape index (κ1) is 18.0. The van der Waals surface area contributed by atoms with Crippen LogP contribution < -0.4 is 16.4 Å². The third-order valence-corrected chi connectivity index (χ3v) is 6.88. The molecular weight excluding hydrogens is 368 g/mol. The van der Waals surface area contributed by atoms with Gasteiger partial charge in [0.15, 0.2) is 0 Å². The van der Waals surface area contributed by atoms with Crippen LogP contribution in [0.25, 0.3) is 0 Å². The van der Waals surface area contributed by atoms with Crippen LogP contribution in [-0.4, -0.2) is 40.7 Å². The smallest absolute Gasteiger partial charge is 0.325 e. The molecule has 0 unspecified atom stereocenters. The quantitative estimate of drug-likeness (QED) is 0.675. The van der Waals surface area contributed by atoms with Crippen molar-refractivity contribution < 1.29 is 19.2 Å². The Balaban J connectivity index is 1.48. The minimum atomic E-state index is -0.849. The second-order valence-electron chi connectivity index (χ2n) is 7.44. The lowest BCUT2D eigenvalue weighted by molar-refractivity contribution is -0.134. The van der Waals surface area contributed by atoms with Gasteiger partial charge in [0.05, 0.1) is 5.56 Å². The van der Waals surface area contributed by atoms with Crippen molar-refractivity contribution in [2.45, 2.75) is 56.9 Å². The second kappa shape index (κ2) is 6.63. The molecule has 4 rings (SSSR count). The highest BCUT2D eigenvalue weighted by Gasteiger charge is 2.51. The number of hydrogen-bond donors (Lipinski definition) is 3. The van der Waals surface area contributed by atoms with Gasteiger partial charge in [0.1, 0.15) is 17.1 Å². The number of urea groups is 1. The Hall–Kier alpha value is -2.42. The molecule has 1 aromatic rings. The van der Waals surface area contributed by atoms with Crippen molar-refractivity contribution in [3.63, 3.8) is 0 Å². The number of amides is 5. The molecular formula is C18H22N4O4S. The lowest BCUT2D eigenvalue weighted by atomic mass is 9.82. The molecule has 1 saturated heterocycles. The van der Waals surface area contributed by atoms with Gasteiger partial charge >= 0.3 is 6.03 Å². The van der Waals surface area contributed by atoms with Crippen LogP contribution in [0.5, 0.6) is 0 Å². The standard InChI is InChI=1S/C18H22N4O4S/c19-14(24)13-10-5-4-6-11(10)27-15(13)20-12(23)9-22-16(25)18(21-17(22)26)7-2-1-3-8-18/h1-9H2,(H2,19,24)(H,20,23)(H,21,26). The van der Waals surface area contributed by atoms with Crippen LogP contribution in [0.15, 0.2) is 0 Å². The van der Waals surface area contributed by atoms with Gasteiger partial charge in [-0.15, -0.1) is 11.3 Å². The maximum absolute atomic E-state index is 12.8. The average Bonchev–Trinajstić information content (AvgIpc) is 3.24. The van der Waals surface area contributed by atoms with Crippen molar-refractivity contribution in [2.75, 3.05) is 11.9 Å². The molecule has 4 N–H and O–H groups in total. The zero-order valence-corrected chi connectivity index (χ0v) is 15.7. The number of nitrogens with zero attached hydrogens (tertiary/aromatic N) is 1. The summed E-state index contributed by atoms with van der Waals surface area (Å²) in [6, 6.07) is -0.527. The minimum Gasteiger partial charge on any atom is -0.365 e. The number of nitrogens with one attached hydrogen (secondary N) is 2. The number of primary amides is 1. The molecule has 1 aliphatic heterocycles. The van der Waals surface area contributed by atoms with E-state index in [-0.39, 0.29) is 12.5 Å². The van der Waals surface area contributed by atoms with E-state index in [2.05, 4.69) is 10.6 Å². The molecule has 9 heteroatoms. The number of carbonyl (C=O) groups is 4. The third kappa shape index (κ3) is 2.99. The van der Waals surface area contributed by atoms with Gasteiger partial charge in [-0.3, -0.25) is 19.3 Å². The van der Waals surface area contributed by atoms with Gasteiger partial charge in [-0.2, -0.15) is 0 Å². The Bertz CT molecular complexity index is 841. The minimum absolute atomic E-state index is 0.328. The van der Waals surface area contributed by atoms with Crippen molar-refractivity contribution in [3.05, 3.63) is 16.0 Å². The number of rotatable bonds is 4. The Kier molecular flexibility index (Phi) is 4.41. The van der Waals surface area contributed by atoms with E-state index in [1.165, 1.54) is 11.3 Å². The molecule has 1 saturated carbocycles. The predicted molar refractivity (Wildman–Crippen MR) is 99.6 cm³/mol. The van der Waals surface area contributed by atoms with Crippen LogP contribution in [0.3, 0.4) is 0 Å². The fraction of sp³-hybridized carbons (Fsp3) is 0.556. The summed E-state index contributed by atoms with van der Waals surface area (Å²) in [4.78, 5) is 51.4. The normalized spacial score (nSPS) is 20.7. The summed E-state index contributed by atoms with van der Waals surface area (Å²) in [6.07, 6.45) is 6.65. The number of hydrogen-bond acceptors (Lipinski definition) is 5. The molecule has 0 bridgehead atoms. The molecule has 0 atom stereocenters. The molecule has 1 spiro atoms. The summed E-state index contributed by atoms with van der Waals surface area (Å²) < 4.78 is 0. The van der Waals surface area contributed by atoms with Crippen molar-refractivity contribution >= 4 is 40.1 Å². The Morgan fingerprint density at radius 1 is 1.15 bits per heavy atom. The van der Waals surface area contributed by atoms with Gasteiger partial charge in [0.25, 0.3) is 11.8 Å². The number of imide groups is 1. The molecule has 2 fully saturated rings. The summed E-state index contributed by atoms with van der Waals surface area (Å²) in [5.74, 6) is -1.40. The number of anilines is 1. The Morgan fingerprint density at radius 3 is 2.59 bits per heavy atom. The molecule has 8 nitrogen and oxygen atoms in total. The van der Waals surface area contributed by atoms with E-state index in [0.717, 1.165) is 53.9 Å². The number of carbonyl (C=O) groups excluding carboxylic acids is 4. The molecule has 0 aromatic carbocycles. The maximum atomic E-state index is 12.8. The summed E-state index contributed by atoms with van der Waals surface area (Å²) >= 11 is 1.35. The molecule has 1 aromatic heterocycles. The second-order valence-corrected chi connectivity index (χ2v) is 8.54. The Labute approximate surface area is 160 Å². The summed E-state index contributed by atoms with van der Waals surface area (Å²) in [5, 5.41) is 5.88. The monoisotopic (exact) mass is 390 g/mol. The number of fused-ring (bicyclic) bond motifs is 1. The van der Waals surface area contributed by atoms with E-state index >= 15 is 0 Å². The molecule has 2 aliphatic carbocycles. The van der Waals surface area contributed by atoms with E-state index in [0.29, 0.717) is 23.4 Å². The zero-order valence-electron chi connectivity index (χ0n) is 14.9. The number of aryl methyl sites for hydroxylation is 1. The lowest BCUT2D eigenvalue weighted by Gasteiger charge is -2.30. The molecule has 2 heterocycles. The van der Waals surface area contributed by atoms with Crippen LogP contribution in [0.4, 0.5) is 9.80 Å². The fourth-order valence-electron chi connectivity index (χ4n) is 4.38. The summed E-state index contributed by atoms with van der Waals surface area (Å²) in [5.41, 5.74) is 5.93. The topological polar surface area (TPSA) is 122 Å². The summed E-state index contributed by atoms with van der Waals surface area (Å²) in [7, 11) is 0.